The van der Waals surface area contributed by atoms with Crippen molar-refractivity contribution < 1.29 is 0 Å². The van der Waals surface area contributed by atoms with Crippen molar-refractivity contribution in [1.29, 1.82) is 0 Å². The minimum Gasteiger partial charge on any atom is -0.0622 e. The van der Waals surface area contributed by atoms with E-state index in [9.17, 15) is 0 Å². The Morgan fingerprint density at radius 1 is 0.238 bits per heavy atom. The maximum atomic E-state index is 2.44. The van der Waals surface area contributed by atoms with Crippen LogP contribution in [-0.2, 0) is 0 Å². The summed E-state index contributed by atoms with van der Waals surface area (Å²) in [4.78, 5) is 0. The summed E-state index contributed by atoms with van der Waals surface area (Å²) in [6.07, 6.45) is 0. The van der Waals surface area contributed by atoms with Crippen molar-refractivity contribution in [2.45, 2.75) is 0 Å². The standard InChI is InChI=1S/C42H26/c1-2-11-27(12-3-1)29-21-23-35-36-24-22-30(32-20-10-14-28-13-4-5-15-31(28)32)26-40(36)42-38-19-9-7-17-34(38)33-16-6-8-18-37(33)41(42)39(35)25-29/h1-26H. The first-order valence-corrected chi connectivity index (χ1v) is 14.6. The van der Waals surface area contributed by atoms with Crippen molar-refractivity contribution in [2.75, 3.05) is 0 Å². The molecule has 0 aromatic heterocycles. The molecule has 0 spiro atoms. The zero-order chi connectivity index (χ0) is 27.6. The van der Waals surface area contributed by atoms with E-state index in [1.165, 1.54) is 86.9 Å². The van der Waals surface area contributed by atoms with Gasteiger partial charge in [0.1, 0.15) is 0 Å². The summed E-state index contributed by atoms with van der Waals surface area (Å²) in [5.74, 6) is 0. The van der Waals surface area contributed by atoms with Gasteiger partial charge in [0.2, 0.25) is 0 Å². The van der Waals surface area contributed by atoms with Crippen molar-refractivity contribution in [3.63, 3.8) is 0 Å². The molecular formula is C42H26. The van der Waals surface area contributed by atoms with Gasteiger partial charge in [0, 0.05) is 0 Å². The Bertz CT molecular complexity index is 2500. The fraction of sp³-hybridized carbons (Fsp3) is 0. The quantitative estimate of drug-likeness (QED) is 0.195. The van der Waals surface area contributed by atoms with Crippen LogP contribution in [0.2, 0.25) is 0 Å². The molecule has 9 aromatic carbocycles. The Labute approximate surface area is 244 Å². The molecule has 0 unspecified atom stereocenters. The van der Waals surface area contributed by atoms with Gasteiger partial charge in [0.15, 0.2) is 0 Å². The molecule has 0 saturated carbocycles. The fourth-order valence-electron chi connectivity index (χ4n) is 7.13. The lowest BCUT2D eigenvalue weighted by atomic mass is 9.85. The molecule has 194 valence electrons. The van der Waals surface area contributed by atoms with Crippen LogP contribution in [0.3, 0.4) is 0 Å². The van der Waals surface area contributed by atoms with E-state index in [-0.39, 0.29) is 0 Å². The first kappa shape index (κ1) is 23.3. The monoisotopic (exact) mass is 530 g/mol. The van der Waals surface area contributed by atoms with Crippen LogP contribution in [0.4, 0.5) is 0 Å². The van der Waals surface area contributed by atoms with E-state index in [1.807, 2.05) is 0 Å². The van der Waals surface area contributed by atoms with E-state index in [0.29, 0.717) is 0 Å². The second-order valence-electron chi connectivity index (χ2n) is 11.3. The van der Waals surface area contributed by atoms with Crippen LogP contribution < -0.4 is 0 Å². The zero-order valence-corrected chi connectivity index (χ0v) is 23.0. The lowest BCUT2D eigenvalue weighted by Gasteiger charge is -2.18. The van der Waals surface area contributed by atoms with Crippen molar-refractivity contribution in [2.24, 2.45) is 0 Å². The van der Waals surface area contributed by atoms with Gasteiger partial charge in [-0.1, -0.05) is 146 Å². The topological polar surface area (TPSA) is 0 Å². The Morgan fingerprint density at radius 3 is 1.38 bits per heavy atom. The highest BCUT2D eigenvalue weighted by molar-refractivity contribution is 6.39. The maximum Gasteiger partial charge on any atom is -0.00137 e. The summed E-state index contributed by atoms with van der Waals surface area (Å²) < 4.78 is 0. The van der Waals surface area contributed by atoms with E-state index in [4.69, 9.17) is 0 Å². The van der Waals surface area contributed by atoms with Gasteiger partial charge in [0.25, 0.3) is 0 Å². The molecule has 0 saturated heterocycles. The minimum atomic E-state index is 1.24. The maximum absolute atomic E-state index is 2.44. The first-order chi connectivity index (χ1) is 20.8. The van der Waals surface area contributed by atoms with E-state index in [0.717, 1.165) is 0 Å². The molecule has 0 aliphatic heterocycles. The SMILES string of the molecule is c1ccc(-c2ccc3c4ccc(-c5cccc6ccccc56)cc4c4c5ccccc5c5ccccc5c4c3c2)cc1. The Hall–Kier alpha value is -5.46. The third kappa shape index (κ3) is 3.36. The van der Waals surface area contributed by atoms with Gasteiger partial charge >= 0.3 is 0 Å². The van der Waals surface area contributed by atoms with Crippen LogP contribution in [0.15, 0.2) is 158 Å². The predicted molar refractivity (Wildman–Crippen MR) is 182 cm³/mol. The molecule has 42 heavy (non-hydrogen) atoms. The predicted octanol–water partition coefficient (Wildman–Crippen LogP) is 11.9. The van der Waals surface area contributed by atoms with Crippen LogP contribution in [0.25, 0.3) is 86.9 Å². The smallest absolute Gasteiger partial charge is 0.00137 e. The Kier molecular flexibility index (Phi) is 5.00. The van der Waals surface area contributed by atoms with Crippen LogP contribution in [0, 0.1) is 0 Å². The molecule has 0 heterocycles. The second kappa shape index (κ2) is 9.03. The number of benzene rings is 9. The normalized spacial score (nSPS) is 11.8. The largest absolute Gasteiger partial charge is 0.0622 e. The molecule has 0 aliphatic rings. The fourth-order valence-corrected chi connectivity index (χ4v) is 7.13. The number of rotatable bonds is 2. The highest BCUT2D eigenvalue weighted by Gasteiger charge is 2.17. The van der Waals surface area contributed by atoms with E-state index >= 15 is 0 Å². The molecule has 0 amide bonds. The molecule has 0 fully saturated rings. The van der Waals surface area contributed by atoms with Crippen LogP contribution in [-0.4, -0.2) is 0 Å². The minimum absolute atomic E-state index is 1.24. The van der Waals surface area contributed by atoms with E-state index in [1.54, 1.807) is 0 Å². The van der Waals surface area contributed by atoms with Crippen LogP contribution in [0.1, 0.15) is 0 Å². The van der Waals surface area contributed by atoms with Crippen LogP contribution in [0.5, 0.6) is 0 Å². The number of hydrogen-bond acceptors (Lipinski definition) is 0. The average molecular weight is 531 g/mol. The van der Waals surface area contributed by atoms with Crippen molar-refractivity contribution in [3.05, 3.63) is 158 Å². The molecule has 0 N–H and O–H groups in total. The highest BCUT2D eigenvalue weighted by atomic mass is 14.2. The molecule has 0 aliphatic carbocycles. The van der Waals surface area contributed by atoms with Gasteiger partial charge in [0.05, 0.1) is 0 Å². The Balaban J connectivity index is 1.50. The lowest BCUT2D eigenvalue weighted by Crippen LogP contribution is -1.90. The molecule has 9 rings (SSSR count). The second-order valence-corrected chi connectivity index (χ2v) is 11.3. The summed E-state index contributed by atoms with van der Waals surface area (Å²) in [5, 5.41) is 15.6. The van der Waals surface area contributed by atoms with E-state index < -0.39 is 0 Å². The molecular weight excluding hydrogens is 504 g/mol. The first-order valence-electron chi connectivity index (χ1n) is 14.6. The molecule has 0 heteroatoms. The molecule has 9 aromatic rings. The third-order valence-corrected chi connectivity index (χ3v) is 9.01. The summed E-state index contributed by atoms with van der Waals surface area (Å²) in [7, 11) is 0. The molecule has 0 nitrogen and oxygen atoms in total. The molecule has 0 radical (unpaired) electrons. The number of fused-ring (bicyclic) bond motifs is 12. The van der Waals surface area contributed by atoms with Gasteiger partial charge in [-0.2, -0.15) is 0 Å². The van der Waals surface area contributed by atoms with Crippen molar-refractivity contribution >= 4 is 64.6 Å². The van der Waals surface area contributed by atoms with Crippen LogP contribution >= 0.6 is 0 Å². The summed E-state index contributed by atoms with van der Waals surface area (Å²) in [5.41, 5.74) is 5.00. The van der Waals surface area contributed by atoms with Gasteiger partial charge in [-0.15, -0.1) is 0 Å². The summed E-state index contributed by atoms with van der Waals surface area (Å²) in [6, 6.07) is 58.0. The van der Waals surface area contributed by atoms with Gasteiger partial charge in [-0.25, -0.2) is 0 Å². The van der Waals surface area contributed by atoms with Gasteiger partial charge < -0.3 is 0 Å². The van der Waals surface area contributed by atoms with Crippen molar-refractivity contribution in [3.8, 4) is 22.3 Å². The third-order valence-electron chi connectivity index (χ3n) is 9.01. The molecule has 0 atom stereocenters. The highest BCUT2D eigenvalue weighted by Crippen LogP contribution is 2.45. The van der Waals surface area contributed by atoms with Gasteiger partial charge in [-0.3, -0.25) is 0 Å². The zero-order valence-electron chi connectivity index (χ0n) is 23.0. The van der Waals surface area contributed by atoms with Gasteiger partial charge in [-0.05, 0) is 99.0 Å². The van der Waals surface area contributed by atoms with E-state index in [2.05, 4.69) is 158 Å². The molecule has 0 bridgehead atoms. The Morgan fingerprint density at radius 2 is 0.714 bits per heavy atom. The lowest BCUT2D eigenvalue weighted by molar-refractivity contribution is 1.65. The average Bonchev–Trinajstić information content (AvgIpc) is 3.07. The summed E-state index contributed by atoms with van der Waals surface area (Å²) >= 11 is 0. The van der Waals surface area contributed by atoms with Crippen molar-refractivity contribution in [1.82, 2.24) is 0 Å². The summed E-state index contributed by atoms with van der Waals surface area (Å²) in [6.45, 7) is 0. The number of hydrogen-bond donors (Lipinski definition) is 0.